The van der Waals surface area contributed by atoms with Crippen molar-refractivity contribution >= 4 is 9.84 Å². The molecule has 1 aliphatic carbocycles. The number of sulfone groups is 1. The number of ether oxygens (including phenoxy) is 1. The van der Waals surface area contributed by atoms with E-state index >= 15 is 0 Å². The first-order valence-corrected chi connectivity index (χ1v) is 8.83. The van der Waals surface area contributed by atoms with Gasteiger partial charge in [0.05, 0.1) is 16.7 Å². The Hall–Kier alpha value is -2.71. The molecule has 1 N–H and O–H groups in total. The van der Waals surface area contributed by atoms with Crippen LogP contribution in [0, 0.1) is 11.3 Å². The number of nitrogens with zero attached hydrogens (tertiary/aromatic N) is 2. The van der Waals surface area contributed by atoms with Crippen LogP contribution in [0.15, 0.2) is 52.7 Å². The van der Waals surface area contributed by atoms with E-state index in [0.717, 1.165) is 12.2 Å². The third-order valence-electron chi connectivity index (χ3n) is 3.95. The van der Waals surface area contributed by atoms with E-state index in [1.807, 2.05) is 0 Å². The van der Waals surface area contributed by atoms with E-state index in [1.165, 1.54) is 18.5 Å². The van der Waals surface area contributed by atoms with Crippen molar-refractivity contribution in [1.82, 2.24) is 4.98 Å². The number of halogens is 4. The number of pyridine rings is 1. The molecule has 0 saturated carbocycles. The van der Waals surface area contributed by atoms with Crippen LogP contribution in [0.5, 0.6) is 5.75 Å². The SMILES string of the molecule is N#Cc1cncc(OC2C=CC3=C(C(C(F)F)=C2)C(O)C(F)(F)S3(=O)=O)c1. The predicted molar refractivity (Wildman–Crippen MR) is 83.5 cm³/mol. The Morgan fingerprint density at radius 1 is 1.33 bits per heavy atom. The average Bonchev–Trinajstić information content (AvgIpc) is 2.76. The zero-order valence-corrected chi connectivity index (χ0v) is 14.0. The molecule has 0 spiro atoms. The minimum absolute atomic E-state index is 0.0179. The summed E-state index contributed by atoms with van der Waals surface area (Å²) in [6, 6.07) is 3.07. The molecule has 6 nitrogen and oxygen atoms in total. The van der Waals surface area contributed by atoms with E-state index in [2.05, 4.69) is 4.98 Å². The van der Waals surface area contributed by atoms with Gasteiger partial charge in [-0.2, -0.15) is 14.0 Å². The second-order valence-electron chi connectivity index (χ2n) is 5.63. The number of nitriles is 1. The Labute approximate surface area is 150 Å². The van der Waals surface area contributed by atoms with Gasteiger partial charge >= 0.3 is 5.25 Å². The van der Waals surface area contributed by atoms with Gasteiger partial charge in [0, 0.05) is 23.4 Å². The van der Waals surface area contributed by atoms with Gasteiger partial charge in [-0.05, 0) is 18.2 Å². The number of aliphatic hydroxyl groups is 1. The summed E-state index contributed by atoms with van der Waals surface area (Å²) in [6.45, 7) is 0. The molecule has 2 aliphatic rings. The Morgan fingerprint density at radius 2 is 2.04 bits per heavy atom. The summed E-state index contributed by atoms with van der Waals surface area (Å²) in [5.41, 5.74) is -2.00. The number of rotatable bonds is 3. The number of aromatic nitrogens is 1. The van der Waals surface area contributed by atoms with Gasteiger partial charge in [-0.3, -0.25) is 4.98 Å². The fourth-order valence-corrected chi connectivity index (χ4v) is 4.17. The van der Waals surface area contributed by atoms with Crippen molar-refractivity contribution in [3.63, 3.8) is 0 Å². The highest BCUT2D eigenvalue weighted by Crippen LogP contribution is 2.48. The zero-order valence-electron chi connectivity index (χ0n) is 13.2. The smallest absolute Gasteiger partial charge is 0.379 e. The zero-order chi connectivity index (χ0) is 20.0. The molecular weight excluding hydrogens is 392 g/mol. The van der Waals surface area contributed by atoms with E-state index < -0.39 is 49.8 Å². The van der Waals surface area contributed by atoms with Crippen molar-refractivity contribution in [3.8, 4) is 11.8 Å². The molecule has 0 bridgehead atoms. The van der Waals surface area contributed by atoms with Crippen molar-refractivity contribution in [3.05, 3.63) is 58.3 Å². The van der Waals surface area contributed by atoms with Gasteiger partial charge < -0.3 is 9.84 Å². The molecule has 1 aromatic rings. The lowest BCUT2D eigenvalue weighted by atomic mass is 10.00. The van der Waals surface area contributed by atoms with Crippen LogP contribution in [0.4, 0.5) is 17.6 Å². The number of aliphatic hydroxyl groups excluding tert-OH is 1. The molecule has 1 aromatic heterocycles. The van der Waals surface area contributed by atoms with Crippen molar-refractivity contribution in [2.75, 3.05) is 0 Å². The normalized spacial score (nSPS) is 25.6. The fourth-order valence-electron chi connectivity index (χ4n) is 2.69. The molecule has 0 fully saturated rings. The van der Waals surface area contributed by atoms with E-state index in [0.29, 0.717) is 6.08 Å². The lowest BCUT2D eigenvalue weighted by molar-refractivity contribution is -0.0167. The number of alkyl halides is 4. The highest BCUT2D eigenvalue weighted by atomic mass is 32.2. The van der Waals surface area contributed by atoms with Crippen molar-refractivity contribution in [2.24, 2.45) is 0 Å². The number of allylic oxidation sites excluding steroid dienone is 1. The van der Waals surface area contributed by atoms with E-state index in [4.69, 9.17) is 10.00 Å². The minimum atomic E-state index is -5.35. The summed E-state index contributed by atoms with van der Waals surface area (Å²) < 4.78 is 83.9. The molecule has 0 radical (unpaired) electrons. The molecule has 1 aliphatic heterocycles. The van der Waals surface area contributed by atoms with Crippen molar-refractivity contribution in [1.29, 1.82) is 5.26 Å². The van der Waals surface area contributed by atoms with Crippen molar-refractivity contribution < 1.29 is 35.8 Å². The van der Waals surface area contributed by atoms with Gasteiger partial charge in [-0.15, -0.1) is 0 Å². The third kappa shape index (κ3) is 3.00. The molecule has 0 saturated heterocycles. The summed E-state index contributed by atoms with van der Waals surface area (Å²) in [4.78, 5) is 2.64. The first-order valence-electron chi connectivity index (χ1n) is 7.34. The molecule has 27 heavy (non-hydrogen) atoms. The van der Waals surface area contributed by atoms with Crippen LogP contribution in [0.2, 0.25) is 0 Å². The molecule has 2 heterocycles. The highest BCUT2D eigenvalue weighted by Gasteiger charge is 2.62. The van der Waals surface area contributed by atoms with Gasteiger partial charge in [-0.25, -0.2) is 17.2 Å². The summed E-state index contributed by atoms with van der Waals surface area (Å²) in [5, 5.41) is 13.9. The molecule has 0 amide bonds. The van der Waals surface area contributed by atoms with Gasteiger partial charge in [0.1, 0.15) is 17.9 Å². The fraction of sp³-hybridized carbons (Fsp3) is 0.250. The lowest BCUT2D eigenvalue weighted by Gasteiger charge is -2.18. The van der Waals surface area contributed by atoms with Gasteiger partial charge in [0.2, 0.25) is 9.84 Å². The van der Waals surface area contributed by atoms with Crippen LogP contribution >= 0.6 is 0 Å². The maximum absolute atomic E-state index is 13.9. The van der Waals surface area contributed by atoms with Crippen LogP contribution in [0.3, 0.4) is 0 Å². The maximum atomic E-state index is 13.9. The monoisotopic (exact) mass is 402 g/mol. The first-order chi connectivity index (χ1) is 12.6. The van der Waals surface area contributed by atoms with E-state index in [9.17, 15) is 31.1 Å². The van der Waals surface area contributed by atoms with E-state index in [-0.39, 0.29) is 11.3 Å². The van der Waals surface area contributed by atoms with Crippen LogP contribution in [-0.4, -0.2) is 42.4 Å². The number of hydrogen-bond donors (Lipinski definition) is 1. The van der Waals surface area contributed by atoms with Gasteiger partial charge in [0.25, 0.3) is 6.43 Å². The topological polar surface area (TPSA) is 100 Å². The summed E-state index contributed by atoms with van der Waals surface area (Å²) in [5.74, 6) is 0.0179. The standard InChI is InChI=1S/C16H10F4N2O4S/c17-15(18)11-4-9(26-10-3-8(5-21)6-22-7-10)1-2-12-13(11)14(23)16(19,20)27(12,24)25/h1-4,6-7,9,14-15,23H. The van der Waals surface area contributed by atoms with Crippen LogP contribution in [-0.2, 0) is 9.84 Å². The quantitative estimate of drug-likeness (QED) is 0.778. The molecule has 2 atom stereocenters. The Balaban J connectivity index is 2.05. The lowest BCUT2D eigenvalue weighted by Crippen LogP contribution is -2.37. The molecule has 0 aromatic carbocycles. The summed E-state index contributed by atoms with van der Waals surface area (Å²) >= 11 is 0. The van der Waals surface area contributed by atoms with Crippen LogP contribution in [0.25, 0.3) is 0 Å². The largest absolute Gasteiger partial charge is 0.481 e. The highest BCUT2D eigenvalue weighted by molar-refractivity contribution is 7.96. The Bertz CT molecular complexity index is 1030. The van der Waals surface area contributed by atoms with E-state index in [1.54, 1.807) is 6.07 Å². The predicted octanol–water partition coefficient (Wildman–Crippen LogP) is 2.10. The summed E-state index contributed by atoms with van der Waals surface area (Å²) in [6.07, 6.45) is -2.70. The van der Waals surface area contributed by atoms with Gasteiger partial charge in [-0.1, -0.05) is 0 Å². The third-order valence-corrected chi connectivity index (χ3v) is 5.82. The summed E-state index contributed by atoms with van der Waals surface area (Å²) in [7, 11) is -5.35. The second-order valence-corrected chi connectivity index (χ2v) is 7.62. The van der Waals surface area contributed by atoms with Crippen molar-refractivity contribution in [2.45, 2.75) is 23.9 Å². The van der Waals surface area contributed by atoms with Gasteiger partial charge in [0.15, 0.2) is 6.10 Å². The second kappa shape index (κ2) is 6.47. The molecule has 3 rings (SSSR count). The average molecular weight is 402 g/mol. The Morgan fingerprint density at radius 3 is 2.67 bits per heavy atom. The van der Waals surface area contributed by atoms with Crippen LogP contribution in [0.1, 0.15) is 5.56 Å². The molecule has 11 heteroatoms. The molecule has 142 valence electrons. The molecular formula is C16H10F4N2O4S. The van der Waals surface area contributed by atoms with Crippen LogP contribution < -0.4 is 4.74 Å². The maximum Gasteiger partial charge on any atom is 0.379 e. The number of hydrogen-bond acceptors (Lipinski definition) is 6. The molecule has 2 unspecified atom stereocenters. The first kappa shape index (κ1) is 19.1. The Kier molecular flexibility index (Phi) is 4.57. The minimum Gasteiger partial charge on any atom is -0.481 e.